The van der Waals surface area contributed by atoms with E-state index in [9.17, 15) is 4.79 Å². The lowest BCUT2D eigenvalue weighted by atomic mass is 9.99. The third-order valence-corrected chi connectivity index (χ3v) is 4.98. The van der Waals surface area contributed by atoms with E-state index in [1.165, 1.54) is 6.33 Å². The molecule has 1 amide bonds. The molecule has 1 fully saturated rings. The summed E-state index contributed by atoms with van der Waals surface area (Å²) in [6, 6.07) is 7.88. The number of ether oxygens (including phenoxy) is 1. The van der Waals surface area contributed by atoms with Crippen LogP contribution >= 0.6 is 0 Å². The van der Waals surface area contributed by atoms with Crippen molar-refractivity contribution in [1.82, 2.24) is 30.3 Å². The van der Waals surface area contributed by atoms with E-state index in [1.54, 1.807) is 11.8 Å². The van der Waals surface area contributed by atoms with E-state index in [2.05, 4.69) is 25.6 Å². The molecule has 0 aliphatic carbocycles. The number of carbonyl (C=O) groups is 1. The Hall–Kier alpha value is -3.23. The predicted molar refractivity (Wildman–Crippen MR) is 104 cm³/mol. The fourth-order valence-corrected chi connectivity index (χ4v) is 3.34. The van der Waals surface area contributed by atoms with E-state index >= 15 is 0 Å². The molecule has 9 heteroatoms. The molecule has 4 rings (SSSR count). The Morgan fingerprint density at radius 3 is 2.96 bits per heavy atom. The highest BCUT2D eigenvalue weighted by atomic mass is 16.5. The minimum Gasteiger partial charge on any atom is -0.497 e. The molecule has 0 atom stereocenters. The van der Waals surface area contributed by atoms with Crippen molar-refractivity contribution in [1.29, 1.82) is 0 Å². The van der Waals surface area contributed by atoms with Crippen molar-refractivity contribution in [2.45, 2.75) is 19.9 Å². The van der Waals surface area contributed by atoms with Gasteiger partial charge in [-0.25, -0.2) is 14.6 Å². The lowest BCUT2D eigenvalue weighted by Crippen LogP contribution is -2.54. The van der Waals surface area contributed by atoms with Gasteiger partial charge in [0.1, 0.15) is 12.1 Å². The third-order valence-electron chi connectivity index (χ3n) is 4.98. The summed E-state index contributed by atoms with van der Waals surface area (Å²) >= 11 is 0. The van der Waals surface area contributed by atoms with Gasteiger partial charge in [-0.1, -0.05) is 17.3 Å². The summed E-state index contributed by atoms with van der Waals surface area (Å²) in [7, 11) is 1.65. The molecule has 0 unspecified atom stereocenters. The molecule has 3 heterocycles. The number of nitrogens with one attached hydrogen (secondary N) is 1. The maximum atomic E-state index is 12.4. The first kappa shape index (κ1) is 18.1. The highest BCUT2D eigenvalue weighted by Crippen LogP contribution is 2.27. The number of fused-ring (bicyclic) bond motifs is 1. The van der Waals surface area contributed by atoms with Crippen LogP contribution in [0.4, 0.5) is 5.82 Å². The Morgan fingerprint density at radius 2 is 2.18 bits per heavy atom. The van der Waals surface area contributed by atoms with Crippen LogP contribution in [0.3, 0.4) is 0 Å². The Bertz CT molecular complexity index is 981. The average Bonchev–Trinajstić information content (AvgIpc) is 3.11. The van der Waals surface area contributed by atoms with E-state index in [4.69, 9.17) is 4.74 Å². The first-order valence-electron chi connectivity index (χ1n) is 9.39. The van der Waals surface area contributed by atoms with Crippen LogP contribution in [-0.4, -0.2) is 57.6 Å². The molecular formula is C19H23N7O2. The average molecular weight is 381 g/mol. The summed E-state index contributed by atoms with van der Waals surface area (Å²) in [5, 5.41) is 11.3. The molecule has 9 nitrogen and oxygen atoms in total. The van der Waals surface area contributed by atoms with Gasteiger partial charge in [0.25, 0.3) is 0 Å². The van der Waals surface area contributed by atoms with Crippen LogP contribution in [-0.2, 0) is 17.8 Å². The number of aryl methyl sites for hydroxylation is 1. The monoisotopic (exact) mass is 381 g/mol. The van der Waals surface area contributed by atoms with Crippen molar-refractivity contribution in [2.75, 3.05) is 31.6 Å². The van der Waals surface area contributed by atoms with Gasteiger partial charge in [0.2, 0.25) is 5.91 Å². The molecule has 2 aromatic heterocycles. The number of anilines is 1. The van der Waals surface area contributed by atoms with Crippen molar-refractivity contribution >= 4 is 22.9 Å². The zero-order chi connectivity index (χ0) is 19.5. The maximum Gasteiger partial charge on any atom is 0.226 e. The van der Waals surface area contributed by atoms with Crippen molar-refractivity contribution < 1.29 is 9.53 Å². The molecule has 146 valence electrons. The largest absolute Gasteiger partial charge is 0.497 e. The summed E-state index contributed by atoms with van der Waals surface area (Å²) in [6.45, 7) is 4.54. The van der Waals surface area contributed by atoms with Crippen LogP contribution in [0.15, 0.2) is 30.6 Å². The number of carbonyl (C=O) groups excluding carboxylic acids is 1. The summed E-state index contributed by atoms with van der Waals surface area (Å²) in [6.07, 6.45) is 2.29. The van der Waals surface area contributed by atoms with Crippen molar-refractivity contribution in [2.24, 2.45) is 5.92 Å². The van der Waals surface area contributed by atoms with Crippen molar-refractivity contribution in [3.63, 3.8) is 0 Å². The fraction of sp³-hybridized carbons (Fsp3) is 0.421. The Balaban J connectivity index is 1.30. The second-order valence-electron chi connectivity index (χ2n) is 6.77. The quantitative estimate of drug-likeness (QED) is 0.653. The van der Waals surface area contributed by atoms with Crippen LogP contribution in [0.5, 0.6) is 5.75 Å². The number of hydrogen-bond donors (Lipinski definition) is 1. The van der Waals surface area contributed by atoms with E-state index in [0.29, 0.717) is 31.7 Å². The Kier molecular flexibility index (Phi) is 5.05. The molecule has 1 saturated heterocycles. The van der Waals surface area contributed by atoms with Gasteiger partial charge < -0.3 is 15.0 Å². The molecule has 28 heavy (non-hydrogen) atoms. The maximum absolute atomic E-state index is 12.4. The Morgan fingerprint density at radius 1 is 1.32 bits per heavy atom. The molecule has 0 bridgehead atoms. The molecule has 0 radical (unpaired) electrons. The molecule has 1 N–H and O–H groups in total. The minimum atomic E-state index is -0.0449. The molecule has 3 aromatic rings. The van der Waals surface area contributed by atoms with Gasteiger partial charge in [0, 0.05) is 26.2 Å². The topological polar surface area (TPSA) is 98.1 Å². The van der Waals surface area contributed by atoms with Gasteiger partial charge in [-0.15, -0.1) is 5.10 Å². The molecule has 0 saturated carbocycles. The summed E-state index contributed by atoms with van der Waals surface area (Å²) in [4.78, 5) is 23.1. The summed E-state index contributed by atoms with van der Waals surface area (Å²) in [5.41, 5.74) is 2.54. The molecule has 0 spiro atoms. The van der Waals surface area contributed by atoms with Crippen LogP contribution in [0.25, 0.3) is 11.2 Å². The summed E-state index contributed by atoms with van der Waals surface area (Å²) < 4.78 is 6.96. The first-order valence-corrected chi connectivity index (χ1v) is 9.39. The van der Waals surface area contributed by atoms with Gasteiger partial charge in [0.05, 0.1) is 13.0 Å². The highest BCUT2D eigenvalue weighted by Gasteiger charge is 2.34. The van der Waals surface area contributed by atoms with Gasteiger partial charge >= 0.3 is 0 Å². The number of amides is 1. The van der Waals surface area contributed by atoms with Gasteiger partial charge in [-0.2, -0.15) is 0 Å². The number of aromatic nitrogens is 5. The molecule has 1 aromatic carbocycles. The third kappa shape index (κ3) is 3.47. The molecular weight excluding hydrogens is 358 g/mol. The highest BCUT2D eigenvalue weighted by molar-refractivity contribution is 5.86. The number of hydrogen-bond acceptors (Lipinski definition) is 7. The van der Waals surface area contributed by atoms with E-state index in [0.717, 1.165) is 29.2 Å². The van der Waals surface area contributed by atoms with E-state index in [-0.39, 0.29) is 11.8 Å². The van der Waals surface area contributed by atoms with Crippen LogP contribution < -0.4 is 15.0 Å². The zero-order valence-corrected chi connectivity index (χ0v) is 16.0. The van der Waals surface area contributed by atoms with Gasteiger partial charge in [0.15, 0.2) is 17.0 Å². The molecule has 1 aliphatic heterocycles. The smallest absolute Gasteiger partial charge is 0.226 e. The summed E-state index contributed by atoms with van der Waals surface area (Å²) in [5.74, 6) is 1.60. The zero-order valence-electron chi connectivity index (χ0n) is 16.0. The Labute approximate surface area is 162 Å². The number of benzene rings is 1. The molecule has 1 aliphatic rings. The number of rotatable bonds is 7. The standard InChI is InChI=1S/C19H23N7O2/c1-3-26-18-16(23-24-26)17(21-12-22-18)25-10-14(11-25)19(27)20-8-7-13-5-4-6-15(9-13)28-2/h4-6,9,12,14H,3,7-8,10-11H2,1-2H3,(H,20,27). The number of methoxy groups -OCH3 is 1. The normalized spacial score (nSPS) is 14.1. The van der Waals surface area contributed by atoms with Gasteiger partial charge in [-0.05, 0) is 31.0 Å². The van der Waals surface area contributed by atoms with Crippen LogP contribution in [0.2, 0.25) is 0 Å². The van der Waals surface area contributed by atoms with Crippen LogP contribution in [0.1, 0.15) is 12.5 Å². The fourth-order valence-electron chi connectivity index (χ4n) is 3.34. The number of nitrogens with zero attached hydrogens (tertiary/aromatic N) is 6. The lowest BCUT2D eigenvalue weighted by molar-refractivity contribution is -0.125. The second-order valence-corrected chi connectivity index (χ2v) is 6.77. The van der Waals surface area contributed by atoms with Crippen molar-refractivity contribution in [3.8, 4) is 5.75 Å². The minimum absolute atomic E-state index is 0.0449. The van der Waals surface area contributed by atoms with Crippen molar-refractivity contribution in [3.05, 3.63) is 36.2 Å². The SMILES string of the molecule is CCn1nnc2c(N3CC(C(=O)NCCc4cccc(OC)c4)C3)ncnc21. The van der Waals surface area contributed by atoms with Gasteiger partial charge in [-0.3, -0.25) is 4.79 Å². The van der Waals surface area contributed by atoms with E-state index in [1.807, 2.05) is 36.1 Å². The first-order chi connectivity index (χ1) is 13.7. The second kappa shape index (κ2) is 7.79. The van der Waals surface area contributed by atoms with E-state index < -0.39 is 0 Å². The predicted octanol–water partition coefficient (Wildman–Crippen LogP) is 1.04. The lowest BCUT2D eigenvalue weighted by Gasteiger charge is -2.38. The van der Waals surface area contributed by atoms with Crippen LogP contribution in [0, 0.1) is 5.92 Å².